The fourth-order valence-corrected chi connectivity index (χ4v) is 3.37. The molecule has 136 valence electrons. The molecule has 4 heteroatoms. The highest BCUT2D eigenvalue weighted by atomic mass is 16.4. The molecule has 4 aromatic rings. The van der Waals surface area contributed by atoms with Crippen LogP contribution in [0.5, 0.6) is 0 Å². The predicted molar refractivity (Wildman–Crippen MR) is 106 cm³/mol. The number of fused-ring (bicyclic) bond motifs is 1. The van der Waals surface area contributed by atoms with Gasteiger partial charge in [-0.15, -0.1) is 0 Å². The Morgan fingerprint density at radius 2 is 1.81 bits per heavy atom. The van der Waals surface area contributed by atoms with Gasteiger partial charge in [0.2, 0.25) is 0 Å². The number of hydrogen-bond donors (Lipinski definition) is 1. The SMILES string of the molecule is Cc1ccc2c(CN[C@@H](c3ccccc3)c3ccco3)cc(=O)oc2c1C. The first kappa shape index (κ1) is 17.3. The van der Waals surface area contributed by atoms with Gasteiger partial charge >= 0.3 is 5.63 Å². The topological polar surface area (TPSA) is 55.4 Å². The Morgan fingerprint density at radius 3 is 2.56 bits per heavy atom. The van der Waals surface area contributed by atoms with E-state index in [1.807, 2.05) is 50.2 Å². The Kier molecular flexibility index (Phi) is 4.65. The third-order valence-electron chi connectivity index (χ3n) is 4.97. The summed E-state index contributed by atoms with van der Waals surface area (Å²) in [7, 11) is 0. The molecule has 0 aliphatic carbocycles. The van der Waals surface area contributed by atoms with Gasteiger partial charge < -0.3 is 8.83 Å². The Morgan fingerprint density at radius 1 is 1.00 bits per heavy atom. The number of hydrogen-bond acceptors (Lipinski definition) is 4. The maximum atomic E-state index is 12.1. The van der Waals surface area contributed by atoms with E-state index in [0.717, 1.165) is 33.4 Å². The van der Waals surface area contributed by atoms with E-state index in [2.05, 4.69) is 23.5 Å². The fraction of sp³-hybridized carbons (Fsp3) is 0.174. The second kappa shape index (κ2) is 7.25. The maximum absolute atomic E-state index is 12.1. The van der Waals surface area contributed by atoms with Gasteiger partial charge in [-0.3, -0.25) is 5.32 Å². The highest BCUT2D eigenvalue weighted by Crippen LogP contribution is 2.26. The Balaban J connectivity index is 1.71. The molecule has 0 fully saturated rings. The number of furan rings is 1. The van der Waals surface area contributed by atoms with Crippen LogP contribution in [0, 0.1) is 13.8 Å². The van der Waals surface area contributed by atoms with Gasteiger partial charge in [0.25, 0.3) is 0 Å². The monoisotopic (exact) mass is 359 g/mol. The zero-order chi connectivity index (χ0) is 18.8. The minimum absolute atomic E-state index is 0.102. The van der Waals surface area contributed by atoms with Crippen molar-refractivity contribution in [3.8, 4) is 0 Å². The number of benzene rings is 2. The minimum Gasteiger partial charge on any atom is -0.467 e. The standard InChI is InChI=1S/C23H21NO3/c1-15-10-11-19-18(13-21(25)27-23(19)16(15)2)14-24-22(20-9-6-12-26-20)17-7-4-3-5-8-17/h3-13,22,24H,14H2,1-2H3/t22-/m0/s1. The molecule has 2 aromatic heterocycles. The van der Waals surface area contributed by atoms with E-state index in [1.165, 1.54) is 0 Å². The number of nitrogens with one attached hydrogen (secondary N) is 1. The molecule has 0 saturated carbocycles. The summed E-state index contributed by atoms with van der Waals surface area (Å²) in [6, 6.07) is 19.5. The molecule has 1 atom stereocenters. The van der Waals surface area contributed by atoms with E-state index in [4.69, 9.17) is 8.83 Å². The van der Waals surface area contributed by atoms with Crippen molar-refractivity contribution in [3.63, 3.8) is 0 Å². The Labute approximate surface area is 157 Å². The van der Waals surface area contributed by atoms with Crippen LogP contribution in [0.1, 0.15) is 34.1 Å². The average Bonchev–Trinajstić information content (AvgIpc) is 3.20. The quantitative estimate of drug-likeness (QED) is 0.516. The Hall–Kier alpha value is -3.11. The molecule has 0 saturated heterocycles. The van der Waals surface area contributed by atoms with Crippen LogP contribution in [-0.4, -0.2) is 0 Å². The third-order valence-corrected chi connectivity index (χ3v) is 4.97. The summed E-state index contributed by atoms with van der Waals surface area (Å²) in [5, 5.41) is 4.49. The second-order valence-corrected chi connectivity index (χ2v) is 6.71. The van der Waals surface area contributed by atoms with Gasteiger partial charge in [0.1, 0.15) is 11.3 Å². The maximum Gasteiger partial charge on any atom is 0.336 e. The van der Waals surface area contributed by atoms with Crippen LogP contribution in [-0.2, 0) is 6.54 Å². The largest absolute Gasteiger partial charge is 0.467 e. The highest BCUT2D eigenvalue weighted by molar-refractivity contribution is 5.83. The van der Waals surface area contributed by atoms with Crippen molar-refractivity contribution in [3.05, 3.63) is 105 Å². The molecule has 0 amide bonds. The molecular formula is C23H21NO3. The molecule has 2 heterocycles. The van der Waals surface area contributed by atoms with Crippen LogP contribution < -0.4 is 10.9 Å². The molecule has 0 radical (unpaired) electrons. The van der Waals surface area contributed by atoms with Crippen molar-refractivity contribution >= 4 is 11.0 Å². The fourth-order valence-electron chi connectivity index (χ4n) is 3.37. The minimum atomic E-state index is -0.331. The summed E-state index contributed by atoms with van der Waals surface area (Å²) in [6.07, 6.45) is 1.67. The molecule has 27 heavy (non-hydrogen) atoms. The number of rotatable bonds is 5. The molecule has 4 rings (SSSR count). The van der Waals surface area contributed by atoms with Crippen LogP contribution in [0.4, 0.5) is 0 Å². The lowest BCUT2D eigenvalue weighted by molar-refractivity contribution is 0.445. The van der Waals surface area contributed by atoms with Crippen molar-refractivity contribution in [2.75, 3.05) is 0 Å². The van der Waals surface area contributed by atoms with E-state index in [0.29, 0.717) is 12.1 Å². The summed E-state index contributed by atoms with van der Waals surface area (Å²) in [4.78, 5) is 12.1. The van der Waals surface area contributed by atoms with E-state index in [1.54, 1.807) is 12.3 Å². The first-order valence-electron chi connectivity index (χ1n) is 8.98. The van der Waals surface area contributed by atoms with E-state index < -0.39 is 0 Å². The summed E-state index contributed by atoms with van der Waals surface area (Å²) in [5.41, 5.74) is 4.45. The van der Waals surface area contributed by atoms with Gasteiger partial charge in [0.15, 0.2) is 0 Å². The summed E-state index contributed by atoms with van der Waals surface area (Å²) >= 11 is 0. The van der Waals surface area contributed by atoms with Crippen LogP contribution in [0.3, 0.4) is 0 Å². The van der Waals surface area contributed by atoms with Gasteiger partial charge in [-0.2, -0.15) is 0 Å². The molecular weight excluding hydrogens is 338 g/mol. The van der Waals surface area contributed by atoms with E-state index >= 15 is 0 Å². The first-order valence-corrected chi connectivity index (χ1v) is 8.98. The molecule has 0 spiro atoms. The molecule has 0 bridgehead atoms. The van der Waals surface area contributed by atoms with Crippen LogP contribution >= 0.6 is 0 Å². The van der Waals surface area contributed by atoms with Gasteiger partial charge in [-0.05, 0) is 48.2 Å². The van der Waals surface area contributed by atoms with Crippen molar-refractivity contribution < 1.29 is 8.83 Å². The summed E-state index contributed by atoms with van der Waals surface area (Å²) in [5.74, 6) is 0.834. The Bertz CT molecular complexity index is 1110. The van der Waals surface area contributed by atoms with Crippen molar-refractivity contribution in [2.45, 2.75) is 26.4 Å². The third kappa shape index (κ3) is 3.44. The van der Waals surface area contributed by atoms with Crippen LogP contribution in [0.2, 0.25) is 0 Å². The van der Waals surface area contributed by atoms with Crippen LogP contribution in [0.15, 0.2) is 80.6 Å². The second-order valence-electron chi connectivity index (χ2n) is 6.71. The molecule has 0 aliphatic rings. The zero-order valence-corrected chi connectivity index (χ0v) is 15.4. The average molecular weight is 359 g/mol. The van der Waals surface area contributed by atoms with Gasteiger partial charge in [-0.1, -0.05) is 42.5 Å². The highest BCUT2D eigenvalue weighted by Gasteiger charge is 2.17. The van der Waals surface area contributed by atoms with Gasteiger partial charge in [0, 0.05) is 18.0 Å². The lowest BCUT2D eigenvalue weighted by Gasteiger charge is -2.18. The molecule has 0 aliphatic heterocycles. The van der Waals surface area contributed by atoms with Gasteiger partial charge in [0.05, 0.1) is 12.3 Å². The van der Waals surface area contributed by atoms with Gasteiger partial charge in [-0.25, -0.2) is 4.79 Å². The van der Waals surface area contributed by atoms with E-state index in [-0.39, 0.29) is 11.7 Å². The number of aryl methyl sites for hydroxylation is 2. The van der Waals surface area contributed by atoms with Crippen molar-refractivity contribution in [1.29, 1.82) is 0 Å². The van der Waals surface area contributed by atoms with E-state index in [9.17, 15) is 4.79 Å². The van der Waals surface area contributed by atoms with Crippen molar-refractivity contribution in [1.82, 2.24) is 5.32 Å². The summed E-state index contributed by atoms with van der Waals surface area (Å²) < 4.78 is 11.1. The lowest BCUT2D eigenvalue weighted by Crippen LogP contribution is -2.22. The normalized spacial score (nSPS) is 12.4. The first-order chi connectivity index (χ1) is 13.1. The van der Waals surface area contributed by atoms with Crippen LogP contribution in [0.25, 0.3) is 11.0 Å². The predicted octanol–water partition coefficient (Wildman–Crippen LogP) is 4.88. The smallest absolute Gasteiger partial charge is 0.336 e. The lowest BCUT2D eigenvalue weighted by atomic mass is 10.0. The molecule has 2 aromatic carbocycles. The molecule has 4 nitrogen and oxygen atoms in total. The molecule has 0 unspecified atom stereocenters. The summed E-state index contributed by atoms with van der Waals surface area (Å²) in [6.45, 7) is 4.51. The van der Waals surface area contributed by atoms with Crippen molar-refractivity contribution in [2.24, 2.45) is 0 Å². The zero-order valence-electron chi connectivity index (χ0n) is 15.4. The molecule has 1 N–H and O–H groups in total.